The minimum atomic E-state index is 0.576. The number of nitrogens with two attached hydrogens (primary N) is 1. The van der Waals surface area contributed by atoms with Crippen molar-refractivity contribution < 1.29 is 4.94 Å². The molecule has 5 heteroatoms. The molecule has 0 aliphatic carbocycles. The standard InChI is InChI=1S/C6H13N3OS/c1-5-6(4-11)9(3-2-7)10-8-5/h8,11H,2-4,7H2,1H3. The number of thiol groups is 1. The smallest absolute Gasteiger partial charge is 0.0742 e. The van der Waals surface area contributed by atoms with Gasteiger partial charge in [0.15, 0.2) is 0 Å². The van der Waals surface area contributed by atoms with Gasteiger partial charge in [0.05, 0.1) is 17.9 Å². The van der Waals surface area contributed by atoms with Crippen LogP contribution in [0.25, 0.3) is 0 Å². The third kappa shape index (κ3) is 1.79. The molecule has 3 N–H and O–H groups in total. The average molecular weight is 175 g/mol. The molecule has 0 aromatic rings. The summed E-state index contributed by atoms with van der Waals surface area (Å²) in [6, 6.07) is 0. The highest BCUT2D eigenvalue weighted by molar-refractivity contribution is 7.80. The number of hydrogen-bond acceptors (Lipinski definition) is 5. The molecule has 0 aromatic heterocycles. The molecule has 0 atom stereocenters. The molecule has 11 heavy (non-hydrogen) atoms. The second-order valence-corrected chi connectivity index (χ2v) is 2.63. The minimum Gasteiger partial charge on any atom is -0.329 e. The van der Waals surface area contributed by atoms with Crippen LogP contribution in [0, 0.1) is 0 Å². The maximum absolute atomic E-state index is 5.37. The van der Waals surface area contributed by atoms with Gasteiger partial charge in [0.25, 0.3) is 0 Å². The van der Waals surface area contributed by atoms with Crippen molar-refractivity contribution in [3.63, 3.8) is 0 Å². The van der Waals surface area contributed by atoms with E-state index in [4.69, 9.17) is 10.7 Å². The van der Waals surface area contributed by atoms with Crippen LogP contribution in [0.5, 0.6) is 0 Å². The Labute approximate surface area is 71.7 Å². The topological polar surface area (TPSA) is 50.5 Å². The molecule has 0 bridgehead atoms. The van der Waals surface area contributed by atoms with Crippen molar-refractivity contribution in [3.05, 3.63) is 11.4 Å². The lowest BCUT2D eigenvalue weighted by atomic mass is 10.4. The Hall–Kier alpha value is -0.390. The van der Waals surface area contributed by atoms with Gasteiger partial charge < -0.3 is 5.73 Å². The second-order valence-electron chi connectivity index (χ2n) is 2.31. The van der Waals surface area contributed by atoms with Gasteiger partial charge in [0.2, 0.25) is 0 Å². The van der Waals surface area contributed by atoms with Crippen molar-refractivity contribution in [2.24, 2.45) is 5.73 Å². The predicted octanol–water partition coefficient (Wildman–Crippen LogP) is -0.142. The summed E-state index contributed by atoms with van der Waals surface area (Å²) in [5, 5.41) is 1.72. The third-order valence-electron chi connectivity index (χ3n) is 1.52. The van der Waals surface area contributed by atoms with Gasteiger partial charge in [-0.2, -0.15) is 17.6 Å². The number of allylic oxidation sites excluding steroid dienone is 1. The molecule has 1 aliphatic heterocycles. The molecule has 0 spiro atoms. The summed E-state index contributed by atoms with van der Waals surface area (Å²) >= 11 is 4.17. The summed E-state index contributed by atoms with van der Waals surface area (Å²) < 4.78 is 0. The lowest BCUT2D eigenvalue weighted by Gasteiger charge is -2.15. The van der Waals surface area contributed by atoms with Crippen LogP contribution < -0.4 is 11.2 Å². The lowest BCUT2D eigenvalue weighted by molar-refractivity contribution is -0.149. The van der Waals surface area contributed by atoms with Crippen molar-refractivity contribution >= 4 is 12.6 Å². The Balaban J connectivity index is 2.56. The summed E-state index contributed by atoms with van der Waals surface area (Å²) in [6.07, 6.45) is 0. The Kier molecular flexibility index (Phi) is 3.04. The maximum atomic E-state index is 5.37. The highest BCUT2D eigenvalue weighted by Gasteiger charge is 2.18. The zero-order chi connectivity index (χ0) is 8.27. The maximum Gasteiger partial charge on any atom is 0.0742 e. The van der Waals surface area contributed by atoms with Crippen LogP contribution in [0.2, 0.25) is 0 Å². The fraction of sp³-hybridized carbons (Fsp3) is 0.667. The van der Waals surface area contributed by atoms with Gasteiger partial charge in [-0.3, -0.25) is 0 Å². The molecule has 0 unspecified atom stereocenters. The fourth-order valence-electron chi connectivity index (χ4n) is 0.920. The molecular formula is C6H13N3OS. The largest absolute Gasteiger partial charge is 0.329 e. The quantitative estimate of drug-likeness (QED) is 0.522. The number of nitrogens with one attached hydrogen (secondary N) is 1. The molecule has 4 nitrogen and oxygen atoms in total. The van der Waals surface area contributed by atoms with E-state index in [1.165, 1.54) is 0 Å². The Morgan fingerprint density at radius 1 is 1.73 bits per heavy atom. The van der Waals surface area contributed by atoms with E-state index in [-0.39, 0.29) is 0 Å². The Morgan fingerprint density at radius 3 is 3.00 bits per heavy atom. The van der Waals surface area contributed by atoms with E-state index in [0.29, 0.717) is 18.8 Å². The zero-order valence-corrected chi connectivity index (χ0v) is 7.40. The molecule has 1 heterocycles. The molecule has 0 radical (unpaired) electrons. The van der Waals surface area contributed by atoms with E-state index in [9.17, 15) is 0 Å². The highest BCUT2D eigenvalue weighted by atomic mass is 32.1. The first-order valence-corrected chi connectivity index (χ1v) is 4.14. The molecule has 0 fully saturated rings. The molecule has 0 aromatic carbocycles. The van der Waals surface area contributed by atoms with E-state index < -0.39 is 0 Å². The minimum absolute atomic E-state index is 0.576. The molecule has 0 saturated carbocycles. The molecule has 64 valence electrons. The van der Waals surface area contributed by atoms with E-state index >= 15 is 0 Å². The van der Waals surface area contributed by atoms with Crippen LogP contribution in [-0.2, 0) is 4.94 Å². The zero-order valence-electron chi connectivity index (χ0n) is 6.50. The van der Waals surface area contributed by atoms with Gasteiger partial charge in [-0.05, 0) is 6.92 Å². The summed E-state index contributed by atoms with van der Waals surface area (Å²) in [7, 11) is 0. The van der Waals surface area contributed by atoms with Crippen molar-refractivity contribution in [2.45, 2.75) is 6.92 Å². The summed E-state index contributed by atoms with van der Waals surface area (Å²) in [6.45, 7) is 3.22. The molecule has 0 amide bonds. The van der Waals surface area contributed by atoms with Gasteiger partial charge in [0.1, 0.15) is 0 Å². The lowest BCUT2D eigenvalue weighted by Crippen LogP contribution is -2.27. The van der Waals surface area contributed by atoms with Crippen molar-refractivity contribution in [1.82, 2.24) is 10.5 Å². The van der Waals surface area contributed by atoms with Crippen LogP contribution >= 0.6 is 12.6 Å². The number of rotatable bonds is 3. The summed E-state index contributed by atoms with van der Waals surface area (Å²) in [5.41, 5.74) is 10.2. The number of nitrogens with zero attached hydrogens (tertiary/aromatic N) is 1. The fourth-order valence-corrected chi connectivity index (χ4v) is 1.31. The van der Waals surface area contributed by atoms with E-state index in [2.05, 4.69) is 18.1 Å². The van der Waals surface area contributed by atoms with Crippen molar-refractivity contribution in [1.29, 1.82) is 0 Å². The van der Waals surface area contributed by atoms with Crippen LogP contribution in [0.4, 0.5) is 0 Å². The van der Waals surface area contributed by atoms with Crippen molar-refractivity contribution in [2.75, 3.05) is 18.8 Å². The van der Waals surface area contributed by atoms with Gasteiger partial charge >= 0.3 is 0 Å². The first kappa shape index (κ1) is 8.70. The predicted molar refractivity (Wildman–Crippen MR) is 46.5 cm³/mol. The number of hydroxylamine groups is 3. The van der Waals surface area contributed by atoms with Crippen LogP contribution in [0.15, 0.2) is 11.4 Å². The van der Waals surface area contributed by atoms with Gasteiger partial charge in [-0.1, -0.05) is 0 Å². The molecular weight excluding hydrogens is 162 g/mol. The van der Waals surface area contributed by atoms with Crippen molar-refractivity contribution in [3.8, 4) is 0 Å². The normalized spacial score (nSPS) is 17.5. The van der Waals surface area contributed by atoms with Gasteiger partial charge in [-0.25, -0.2) is 10.5 Å². The third-order valence-corrected chi connectivity index (χ3v) is 1.82. The van der Waals surface area contributed by atoms with Gasteiger partial charge in [0, 0.05) is 12.3 Å². The van der Waals surface area contributed by atoms with Crippen LogP contribution in [-0.4, -0.2) is 23.9 Å². The van der Waals surface area contributed by atoms with E-state index in [1.54, 1.807) is 5.06 Å². The molecule has 0 saturated heterocycles. The summed E-state index contributed by atoms with van der Waals surface area (Å²) in [5.74, 6) is 0.666. The Bertz CT molecular complexity index is 171. The highest BCUT2D eigenvalue weighted by Crippen LogP contribution is 2.15. The number of hydrogen-bond donors (Lipinski definition) is 3. The summed E-state index contributed by atoms with van der Waals surface area (Å²) in [4.78, 5) is 5.09. The van der Waals surface area contributed by atoms with E-state index in [1.807, 2.05) is 6.92 Å². The van der Waals surface area contributed by atoms with Crippen LogP contribution in [0.3, 0.4) is 0 Å². The SMILES string of the molecule is CC1=C(CS)N(CCN)ON1. The second kappa shape index (κ2) is 3.85. The van der Waals surface area contributed by atoms with Crippen LogP contribution in [0.1, 0.15) is 6.92 Å². The Morgan fingerprint density at radius 2 is 2.45 bits per heavy atom. The first-order valence-electron chi connectivity index (χ1n) is 3.50. The molecule has 1 rings (SSSR count). The monoisotopic (exact) mass is 175 g/mol. The van der Waals surface area contributed by atoms with Gasteiger partial charge in [-0.15, -0.1) is 0 Å². The first-order chi connectivity index (χ1) is 5.29. The van der Waals surface area contributed by atoms with E-state index in [0.717, 1.165) is 11.4 Å². The molecule has 1 aliphatic rings. The average Bonchev–Trinajstić information content (AvgIpc) is 2.33.